The highest BCUT2D eigenvalue weighted by Crippen LogP contribution is 2.36. The first-order valence-electron chi connectivity index (χ1n) is 7.85. The van der Waals surface area contributed by atoms with Crippen LogP contribution in [0.3, 0.4) is 0 Å². The number of hydrogen-bond donors (Lipinski definition) is 1. The fourth-order valence-electron chi connectivity index (χ4n) is 2.09. The molecule has 1 heterocycles. The van der Waals surface area contributed by atoms with Gasteiger partial charge in [0, 0.05) is 27.1 Å². The molecule has 2 aromatic rings. The molecule has 4 nitrogen and oxygen atoms in total. The van der Waals surface area contributed by atoms with E-state index in [0.29, 0.717) is 12.1 Å². The molecule has 0 fully saturated rings. The molecule has 0 aliphatic rings. The zero-order chi connectivity index (χ0) is 18.5. The van der Waals surface area contributed by atoms with E-state index in [1.54, 1.807) is 13.2 Å². The number of aromatic nitrogens is 1. The lowest BCUT2D eigenvalue weighted by Crippen LogP contribution is -2.36. The number of halogens is 3. The first-order valence-corrected chi connectivity index (χ1v) is 7.85. The van der Waals surface area contributed by atoms with E-state index in [0.717, 1.165) is 6.07 Å². The van der Waals surface area contributed by atoms with Crippen LogP contribution < -0.4 is 5.32 Å². The van der Waals surface area contributed by atoms with Gasteiger partial charge >= 0.3 is 6.18 Å². The van der Waals surface area contributed by atoms with Crippen molar-refractivity contribution in [2.45, 2.75) is 52.9 Å². The Hall–Kier alpha value is -1.60. The fraction of sp³-hybridized carbons (Fsp3) is 0.588. The summed E-state index contributed by atoms with van der Waals surface area (Å²) in [5, 5.41) is 3.09. The van der Waals surface area contributed by atoms with Crippen molar-refractivity contribution in [3.8, 4) is 0 Å². The smallest absolute Gasteiger partial charge is 0.420 e. The van der Waals surface area contributed by atoms with E-state index in [-0.39, 0.29) is 29.1 Å². The number of ether oxygens (including phenoxy) is 1. The molecule has 0 saturated heterocycles. The van der Waals surface area contributed by atoms with Crippen molar-refractivity contribution < 1.29 is 22.3 Å². The van der Waals surface area contributed by atoms with E-state index in [2.05, 4.69) is 10.3 Å². The molecular weight excluding hydrogens is 321 g/mol. The van der Waals surface area contributed by atoms with Gasteiger partial charge in [0.15, 0.2) is 11.5 Å². The molecule has 1 N–H and O–H groups in total. The summed E-state index contributed by atoms with van der Waals surface area (Å²) in [6, 6.07) is 2.70. The molecule has 0 bridgehead atoms. The van der Waals surface area contributed by atoms with E-state index < -0.39 is 11.7 Å². The van der Waals surface area contributed by atoms with Gasteiger partial charge < -0.3 is 14.5 Å². The Kier molecular flexibility index (Phi) is 6.80. The zero-order valence-corrected chi connectivity index (χ0v) is 15.0. The predicted molar refractivity (Wildman–Crippen MR) is 87.9 cm³/mol. The van der Waals surface area contributed by atoms with Crippen molar-refractivity contribution in [3.63, 3.8) is 0 Å². The van der Waals surface area contributed by atoms with Crippen LogP contribution in [0.1, 0.15) is 44.7 Å². The standard InChI is InChI=1S/C15H19F3N2O2.C2H6/c1-9-20-12-6-10(7-19-8-14(2,3)21-4)5-11(13(12)22-9)15(16,17)18;1-2/h5-6,19H,7-8H2,1-4H3;1-2H3. The number of hydrogen-bond acceptors (Lipinski definition) is 4. The summed E-state index contributed by atoms with van der Waals surface area (Å²) in [6.45, 7) is 10.1. The normalized spacial score (nSPS) is 12.2. The minimum atomic E-state index is -4.48. The minimum Gasteiger partial charge on any atom is -0.440 e. The van der Waals surface area contributed by atoms with Crippen molar-refractivity contribution in [1.82, 2.24) is 10.3 Å². The predicted octanol–water partition coefficient (Wildman–Crippen LogP) is 4.70. The van der Waals surface area contributed by atoms with Gasteiger partial charge in [-0.15, -0.1) is 0 Å². The first kappa shape index (κ1) is 20.4. The van der Waals surface area contributed by atoms with Crippen LogP contribution in [0.15, 0.2) is 16.5 Å². The number of methoxy groups -OCH3 is 1. The first-order chi connectivity index (χ1) is 11.1. The molecule has 0 atom stereocenters. The molecular formula is C17H25F3N2O2. The van der Waals surface area contributed by atoms with Crippen LogP contribution in [-0.2, 0) is 17.5 Å². The SMILES string of the molecule is CC.COC(C)(C)CNCc1cc(C(F)(F)F)c2oc(C)nc2c1. The number of nitrogens with one attached hydrogen (secondary N) is 1. The fourth-order valence-corrected chi connectivity index (χ4v) is 2.09. The highest BCUT2D eigenvalue weighted by atomic mass is 19.4. The largest absolute Gasteiger partial charge is 0.440 e. The molecule has 0 radical (unpaired) electrons. The minimum absolute atomic E-state index is 0.214. The Morgan fingerprint density at radius 1 is 1.21 bits per heavy atom. The third kappa shape index (κ3) is 5.21. The van der Waals surface area contributed by atoms with Crippen molar-refractivity contribution in [2.75, 3.05) is 13.7 Å². The summed E-state index contributed by atoms with van der Waals surface area (Å²) in [4.78, 5) is 4.00. The Labute approximate surface area is 140 Å². The zero-order valence-electron chi connectivity index (χ0n) is 15.0. The van der Waals surface area contributed by atoms with Crippen LogP contribution in [0.5, 0.6) is 0 Å². The van der Waals surface area contributed by atoms with Gasteiger partial charge in [0.25, 0.3) is 0 Å². The Morgan fingerprint density at radius 2 is 1.83 bits per heavy atom. The molecule has 0 saturated carbocycles. The third-order valence-corrected chi connectivity index (χ3v) is 3.39. The molecule has 136 valence electrons. The van der Waals surface area contributed by atoms with Crippen LogP contribution in [0.4, 0.5) is 13.2 Å². The second-order valence-corrected chi connectivity index (χ2v) is 5.79. The number of fused-ring (bicyclic) bond motifs is 1. The second kappa shape index (κ2) is 7.98. The van der Waals surface area contributed by atoms with Crippen molar-refractivity contribution in [1.29, 1.82) is 0 Å². The summed E-state index contributed by atoms with van der Waals surface area (Å²) in [5.41, 5.74) is -0.684. The summed E-state index contributed by atoms with van der Waals surface area (Å²) in [5.74, 6) is 0.214. The molecule has 0 unspecified atom stereocenters. The van der Waals surface area contributed by atoms with Crippen LogP contribution in [-0.4, -0.2) is 24.2 Å². The van der Waals surface area contributed by atoms with Crippen molar-refractivity contribution >= 4 is 11.1 Å². The second-order valence-electron chi connectivity index (χ2n) is 5.79. The van der Waals surface area contributed by atoms with Crippen LogP contribution in [0.25, 0.3) is 11.1 Å². The third-order valence-electron chi connectivity index (χ3n) is 3.39. The van der Waals surface area contributed by atoms with E-state index in [1.807, 2.05) is 27.7 Å². The van der Waals surface area contributed by atoms with E-state index in [9.17, 15) is 13.2 Å². The van der Waals surface area contributed by atoms with E-state index >= 15 is 0 Å². The lowest BCUT2D eigenvalue weighted by molar-refractivity contribution is -0.136. The van der Waals surface area contributed by atoms with Gasteiger partial charge in [-0.05, 0) is 31.5 Å². The topological polar surface area (TPSA) is 47.3 Å². The highest BCUT2D eigenvalue weighted by molar-refractivity contribution is 5.78. The van der Waals surface area contributed by atoms with Gasteiger partial charge in [0.05, 0.1) is 5.60 Å². The number of rotatable bonds is 5. The molecule has 0 amide bonds. The maximum Gasteiger partial charge on any atom is 0.420 e. The average molecular weight is 346 g/mol. The number of alkyl halides is 3. The van der Waals surface area contributed by atoms with Crippen molar-refractivity contribution in [2.24, 2.45) is 0 Å². The molecule has 2 rings (SSSR count). The van der Waals surface area contributed by atoms with Crippen molar-refractivity contribution in [3.05, 3.63) is 29.2 Å². The Balaban J connectivity index is 0.00000139. The summed E-state index contributed by atoms with van der Waals surface area (Å²) >= 11 is 0. The van der Waals surface area contributed by atoms with E-state index in [1.165, 1.54) is 6.92 Å². The number of oxazole rings is 1. The molecule has 0 aliphatic heterocycles. The maximum absolute atomic E-state index is 13.1. The van der Waals surface area contributed by atoms with Gasteiger partial charge in [-0.2, -0.15) is 13.2 Å². The Bertz CT molecular complexity index is 664. The van der Waals surface area contributed by atoms with Gasteiger partial charge in [-0.1, -0.05) is 13.8 Å². The van der Waals surface area contributed by atoms with Crippen LogP contribution in [0.2, 0.25) is 0 Å². The number of nitrogens with zero attached hydrogens (tertiary/aromatic N) is 1. The monoisotopic (exact) mass is 346 g/mol. The van der Waals surface area contributed by atoms with Crippen LogP contribution >= 0.6 is 0 Å². The molecule has 1 aromatic heterocycles. The highest BCUT2D eigenvalue weighted by Gasteiger charge is 2.35. The molecule has 0 aliphatic carbocycles. The Morgan fingerprint density at radius 3 is 2.38 bits per heavy atom. The van der Waals surface area contributed by atoms with E-state index in [4.69, 9.17) is 9.15 Å². The molecule has 1 aromatic carbocycles. The lowest BCUT2D eigenvalue weighted by atomic mass is 10.1. The van der Waals surface area contributed by atoms with Crippen LogP contribution in [0, 0.1) is 6.92 Å². The molecule has 0 spiro atoms. The van der Waals surface area contributed by atoms with Gasteiger partial charge in [0.2, 0.25) is 0 Å². The lowest BCUT2D eigenvalue weighted by Gasteiger charge is -2.23. The van der Waals surface area contributed by atoms with Gasteiger partial charge in [-0.3, -0.25) is 0 Å². The molecule has 7 heteroatoms. The number of aryl methyl sites for hydroxylation is 1. The summed E-state index contributed by atoms with van der Waals surface area (Å²) < 4.78 is 49.8. The maximum atomic E-state index is 13.1. The number of benzene rings is 1. The quantitative estimate of drug-likeness (QED) is 0.853. The van der Waals surface area contributed by atoms with Gasteiger partial charge in [0.1, 0.15) is 11.1 Å². The summed E-state index contributed by atoms with van der Waals surface area (Å²) in [6.07, 6.45) is -4.48. The van der Waals surface area contributed by atoms with Gasteiger partial charge in [-0.25, -0.2) is 4.98 Å². The summed E-state index contributed by atoms with van der Waals surface area (Å²) in [7, 11) is 1.59. The average Bonchev–Trinajstić information content (AvgIpc) is 2.87. The molecule has 24 heavy (non-hydrogen) atoms.